The van der Waals surface area contributed by atoms with Gasteiger partial charge in [0, 0.05) is 28.8 Å². The molecule has 15 nitrogen and oxygen atoms in total. The van der Waals surface area contributed by atoms with Gasteiger partial charge in [0.1, 0.15) is 19.5 Å². The fourth-order valence-corrected chi connectivity index (χ4v) is 8.95. The molecule has 0 radical (unpaired) electrons. The van der Waals surface area contributed by atoms with Gasteiger partial charge in [-0.2, -0.15) is 15.3 Å². The molecule has 0 N–H and O–H groups in total. The minimum absolute atomic E-state index is 0.0305. The molecule has 19 heteroatoms. The number of aryl methyl sites for hydroxylation is 8. The van der Waals surface area contributed by atoms with E-state index in [9.17, 15) is 9.59 Å². The predicted octanol–water partition coefficient (Wildman–Crippen LogP) is 10.2. The van der Waals surface area contributed by atoms with Gasteiger partial charge in [0.2, 0.25) is 17.6 Å². The van der Waals surface area contributed by atoms with Crippen LogP contribution in [0.4, 0.5) is 0 Å². The largest absolute Gasteiger partial charge is 0.480 e. The summed E-state index contributed by atoms with van der Waals surface area (Å²) in [5, 5.41) is 32.9. The summed E-state index contributed by atoms with van der Waals surface area (Å²) in [5.74, 6) is 1.55. The number of carbonyl (C=O) groups is 2. The molecule has 0 fully saturated rings. The van der Waals surface area contributed by atoms with Crippen molar-refractivity contribution in [1.29, 1.82) is 0 Å². The van der Waals surface area contributed by atoms with Gasteiger partial charge >= 0.3 is 0 Å². The van der Waals surface area contributed by atoms with Crippen LogP contribution in [-0.4, -0.2) is 83.7 Å². The van der Waals surface area contributed by atoms with Gasteiger partial charge < -0.3 is 14.2 Å². The number of pyridine rings is 2. The Morgan fingerprint density at radius 3 is 1.47 bits per heavy atom. The highest BCUT2D eigenvalue weighted by Crippen LogP contribution is 2.42. The number of hydrogen-bond donors (Lipinski definition) is 0. The molecule has 2 atom stereocenters. The Hall–Kier alpha value is -5.10. The van der Waals surface area contributed by atoms with Crippen LogP contribution in [0.1, 0.15) is 115 Å². The molecule has 2 aliphatic rings. The molecule has 6 aromatic heterocycles. The van der Waals surface area contributed by atoms with E-state index in [1.165, 1.54) is 0 Å². The second-order valence-electron chi connectivity index (χ2n) is 16.5. The summed E-state index contributed by atoms with van der Waals surface area (Å²) >= 11 is 18.5. The van der Waals surface area contributed by atoms with Gasteiger partial charge in [-0.1, -0.05) is 23.2 Å². The molecular formula is C47H52Br2Cl2N10O5. The number of aromatic nitrogens is 10. The first-order valence-corrected chi connectivity index (χ1v) is 23.1. The number of halogens is 4. The van der Waals surface area contributed by atoms with Crippen LogP contribution in [0.25, 0.3) is 0 Å². The van der Waals surface area contributed by atoms with Gasteiger partial charge in [0.25, 0.3) is 0 Å². The Balaban J connectivity index is 0.000000179. The fourth-order valence-electron chi connectivity index (χ4n) is 7.81. The number of ketones is 2. The Labute approximate surface area is 411 Å². The summed E-state index contributed by atoms with van der Waals surface area (Å²) < 4.78 is 16.7. The number of rotatable bonds is 5. The normalized spacial score (nSPS) is 17.1. The summed E-state index contributed by atoms with van der Waals surface area (Å²) in [4.78, 5) is 35.2. The fraction of sp³-hybridized carbons (Fsp3) is 0.404. The topological polar surface area (TPSA) is 191 Å². The second kappa shape index (κ2) is 21.7. The van der Waals surface area contributed by atoms with Crippen LogP contribution in [0.15, 0.2) is 39.5 Å². The van der Waals surface area contributed by atoms with Crippen LogP contribution in [0, 0.1) is 55.4 Å². The summed E-state index contributed by atoms with van der Waals surface area (Å²) in [6, 6.07) is 9.04. The summed E-state index contributed by atoms with van der Waals surface area (Å²) in [7, 11) is 4.68. The predicted molar refractivity (Wildman–Crippen MR) is 260 cm³/mol. The molecule has 6 aromatic rings. The molecule has 2 aliphatic carbocycles. The lowest BCUT2D eigenvalue weighted by Gasteiger charge is -2.34. The van der Waals surface area contributed by atoms with Crippen molar-refractivity contribution in [2.75, 3.05) is 21.3 Å². The van der Waals surface area contributed by atoms with Crippen LogP contribution < -0.4 is 14.2 Å². The minimum Gasteiger partial charge on any atom is -0.480 e. The quantitative estimate of drug-likeness (QED) is 0.148. The first kappa shape index (κ1) is 51.9. The Bertz CT molecular complexity index is 2820. The molecule has 0 bridgehead atoms. The molecule has 2 unspecified atom stereocenters. The van der Waals surface area contributed by atoms with Crippen molar-refractivity contribution in [3.8, 4) is 17.6 Å². The molecule has 0 amide bonds. The van der Waals surface area contributed by atoms with E-state index in [0.29, 0.717) is 76.1 Å². The molecular weight excluding hydrogens is 1020 g/mol. The number of methoxy groups -OCH3 is 3. The molecule has 0 aliphatic heterocycles. The van der Waals surface area contributed by atoms with E-state index in [1.54, 1.807) is 33.5 Å². The van der Waals surface area contributed by atoms with Crippen LogP contribution in [0.5, 0.6) is 17.6 Å². The maximum absolute atomic E-state index is 13.3. The Kier molecular flexibility index (Phi) is 17.0. The standard InChI is InChI=1S/C18H20ClN3O2.C17H18ClN3O2.C6H7BrN2O.C6H7BrN2/c1-9-8-13(19)20-12-6-7-18(4,16(23)14(9)12)15-10(2)11(3)17(24-5)22-21-15;1-9-7-12(18)19-11-5-6-17(3,16(22)14(9)11)15-10(2)8-13(23-4)20-21-15;1-4-3-5(10-2)8-9-6(4)7;1-4-3-6(7)9-8-5(4)2/h8H,6-7H2,1-5H3;7-8H,5-6H2,1-4H3;3H,1-2H3;3H,1-2H3. The van der Waals surface area contributed by atoms with Crippen LogP contribution in [-0.2, 0) is 23.7 Å². The summed E-state index contributed by atoms with van der Waals surface area (Å²) in [6.45, 7) is 19.4. The highest BCUT2D eigenvalue weighted by molar-refractivity contribution is 9.10. The van der Waals surface area contributed by atoms with Gasteiger partial charge in [0.15, 0.2) is 11.6 Å². The molecule has 8 rings (SSSR count). The van der Waals surface area contributed by atoms with Crippen molar-refractivity contribution in [2.45, 2.75) is 106 Å². The first-order chi connectivity index (χ1) is 31.1. The van der Waals surface area contributed by atoms with Gasteiger partial charge in [-0.25, -0.2) is 9.97 Å². The van der Waals surface area contributed by atoms with Crippen molar-refractivity contribution in [2.24, 2.45) is 0 Å². The van der Waals surface area contributed by atoms with Crippen LogP contribution in [0.2, 0.25) is 10.3 Å². The lowest BCUT2D eigenvalue weighted by molar-refractivity contribution is 0.0861. The molecule has 0 saturated heterocycles. The average molecular weight is 1070 g/mol. The molecule has 0 saturated carbocycles. The number of fused-ring (bicyclic) bond motifs is 2. The third-order valence-electron chi connectivity index (χ3n) is 11.9. The number of hydrogen-bond acceptors (Lipinski definition) is 15. The smallest absolute Gasteiger partial charge is 0.236 e. The maximum atomic E-state index is 13.3. The Morgan fingerprint density at radius 1 is 0.530 bits per heavy atom. The van der Waals surface area contributed by atoms with Crippen LogP contribution in [0.3, 0.4) is 0 Å². The van der Waals surface area contributed by atoms with Gasteiger partial charge in [-0.15, -0.1) is 25.5 Å². The first-order valence-electron chi connectivity index (χ1n) is 20.8. The average Bonchev–Trinajstić information content (AvgIpc) is 3.27. The van der Waals surface area contributed by atoms with Gasteiger partial charge in [0.05, 0.1) is 60.6 Å². The van der Waals surface area contributed by atoms with Crippen molar-refractivity contribution >= 4 is 66.6 Å². The Morgan fingerprint density at radius 2 is 1.02 bits per heavy atom. The van der Waals surface area contributed by atoms with Crippen molar-refractivity contribution in [1.82, 2.24) is 50.8 Å². The lowest BCUT2D eigenvalue weighted by atomic mass is 9.69. The number of carbonyl (C=O) groups excluding carboxylic acids is 2. The lowest BCUT2D eigenvalue weighted by Crippen LogP contribution is -2.40. The van der Waals surface area contributed by atoms with Crippen molar-refractivity contribution < 1.29 is 23.8 Å². The van der Waals surface area contributed by atoms with Crippen molar-refractivity contribution in [3.05, 3.63) is 128 Å². The van der Waals surface area contributed by atoms with Gasteiger partial charge in [-0.05, 0) is 178 Å². The van der Waals surface area contributed by atoms with E-state index in [4.69, 9.17) is 37.4 Å². The zero-order valence-corrected chi connectivity index (χ0v) is 43.9. The van der Waals surface area contributed by atoms with E-state index < -0.39 is 10.8 Å². The number of Topliss-reactive ketones (excluding diaryl/α,β-unsaturated/α-hetero) is 2. The minimum atomic E-state index is -0.721. The maximum Gasteiger partial charge on any atom is 0.236 e. The summed E-state index contributed by atoms with van der Waals surface area (Å²) in [6.07, 6.45) is 2.64. The van der Waals surface area contributed by atoms with E-state index in [-0.39, 0.29) is 11.6 Å². The second-order valence-corrected chi connectivity index (χ2v) is 18.8. The van der Waals surface area contributed by atoms with E-state index in [0.717, 1.165) is 65.2 Å². The highest BCUT2D eigenvalue weighted by atomic mass is 79.9. The van der Waals surface area contributed by atoms with Crippen LogP contribution >= 0.6 is 55.1 Å². The molecule has 348 valence electrons. The van der Waals surface area contributed by atoms with E-state index >= 15 is 0 Å². The van der Waals surface area contributed by atoms with Crippen molar-refractivity contribution in [3.63, 3.8) is 0 Å². The van der Waals surface area contributed by atoms with E-state index in [1.807, 2.05) is 87.4 Å². The monoisotopic (exact) mass is 1060 g/mol. The SMILES string of the molecule is COc1cc(C)c(Br)nn1.COc1cc(C)c(C2(C)CCc3nc(Cl)cc(C)c3C2=O)nn1.COc1nnc(C2(C)CCc3nc(Cl)cc(C)c3C2=O)c(C)c1C.Cc1cc(Br)nnc1C. The molecule has 0 spiro atoms. The summed E-state index contributed by atoms with van der Waals surface area (Å²) in [5.41, 5.74) is 10.5. The third kappa shape index (κ3) is 11.2. The zero-order chi connectivity index (χ0) is 48.8. The molecule has 6 heterocycles. The molecule has 66 heavy (non-hydrogen) atoms. The number of ether oxygens (including phenoxy) is 3. The zero-order valence-electron chi connectivity index (χ0n) is 39.2. The van der Waals surface area contributed by atoms with Gasteiger partial charge in [-0.3, -0.25) is 9.59 Å². The third-order valence-corrected chi connectivity index (χ3v) is 13.5. The number of nitrogens with zero attached hydrogens (tertiary/aromatic N) is 10. The van der Waals surface area contributed by atoms with E-state index in [2.05, 4.69) is 82.6 Å². The highest BCUT2D eigenvalue weighted by Gasteiger charge is 2.45. The molecule has 0 aromatic carbocycles.